The minimum Gasteiger partial charge on any atom is -0.462 e. The minimum absolute atomic E-state index is 0.0388. The summed E-state index contributed by atoms with van der Waals surface area (Å²) in [5, 5.41) is 0. The average Bonchev–Trinajstić information content (AvgIpc) is 3.25. The Morgan fingerprint density at radius 3 is 1.39 bits per heavy atom. The number of nitrogens with two attached hydrogens (primary N) is 1. The maximum absolute atomic E-state index is 12.6. The van der Waals surface area contributed by atoms with Gasteiger partial charge in [0.05, 0.1) is 13.2 Å². The quantitative estimate of drug-likeness (QED) is 0.0266. The molecule has 0 aliphatic rings. The number of carbonyl (C=O) groups is 2. The van der Waals surface area contributed by atoms with Gasteiger partial charge in [-0.25, -0.2) is 4.57 Å². The predicted octanol–water partition coefficient (Wildman–Crippen LogP) is 13.9. The summed E-state index contributed by atoms with van der Waals surface area (Å²) in [4.78, 5) is 34.9. The lowest BCUT2D eigenvalue weighted by Gasteiger charge is -2.19. The van der Waals surface area contributed by atoms with Gasteiger partial charge in [0, 0.05) is 19.4 Å². The highest BCUT2D eigenvalue weighted by molar-refractivity contribution is 7.47. The highest BCUT2D eigenvalue weighted by atomic mass is 31.2. The molecule has 10 heteroatoms. The van der Waals surface area contributed by atoms with Crippen molar-refractivity contribution in [1.82, 2.24) is 0 Å². The average molecular weight is 870 g/mol. The smallest absolute Gasteiger partial charge is 0.462 e. The molecule has 0 amide bonds. The van der Waals surface area contributed by atoms with Crippen molar-refractivity contribution in [2.75, 3.05) is 26.4 Å². The van der Waals surface area contributed by atoms with E-state index in [9.17, 15) is 19.0 Å². The van der Waals surface area contributed by atoms with Gasteiger partial charge in [0.25, 0.3) is 0 Å². The van der Waals surface area contributed by atoms with Crippen LogP contribution in [-0.2, 0) is 32.7 Å². The Kier molecular flexibility index (Phi) is 43.7. The van der Waals surface area contributed by atoms with E-state index in [1.165, 1.54) is 32.1 Å². The fourth-order valence-corrected chi connectivity index (χ4v) is 6.47. The highest BCUT2D eigenvalue weighted by Gasteiger charge is 2.26. The lowest BCUT2D eigenvalue weighted by molar-refractivity contribution is -0.161. The second-order valence-corrected chi connectivity index (χ2v) is 16.3. The molecule has 0 aromatic heterocycles. The number of ether oxygens (including phenoxy) is 2. The maximum Gasteiger partial charge on any atom is 0.472 e. The summed E-state index contributed by atoms with van der Waals surface area (Å²) in [5.74, 6) is -0.901. The lowest BCUT2D eigenvalue weighted by Crippen LogP contribution is -2.29. The van der Waals surface area contributed by atoms with Gasteiger partial charge in [-0.2, -0.15) is 0 Å². The number of hydrogen-bond donors (Lipinski definition) is 2. The summed E-state index contributed by atoms with van der Waals surface area (Å²) in [5.41, 5.74) is 5.35. The Morgan fingerprint density at radius 2 is 0.902 bits per heavy atom. The van der Waals surface area contributed by atoms with E-state index in [1.807, 2.05) is 0 Å². The van der Waals surface area contributed by atoms with Gasteiger partial charge in [0.15, 0.2) is 6.10 Å². The second kappa shape index (κ2) is 46.2. The molecule has 0 radical (unpaired) electrons. The van der Waals surface area contributed by atoms with Gasteiger partial charge < -0.3 is 20.1 Å². The molecule has 0 aromatic rings. The van der Waals surface area contributed by atoms with E-state index >= 15 is 0 Å². The normalized spacial score (nSPS) is 14.2. The number of carbonyl (C=O) groups excluding carboxylic acids is 2. The Hall–Kier alpha value is -3.33. The SMILES string of the molecule is CC/C=C\C/C=C\C/C=C\C/C=C\C/C=C\C/C=C\C/C=C\C/C=C\CCCCC(=O)OC(COC(=O)CCCCCCC/C=C\CCCCCC)COP(=O)(O)OCCN. The molecule has 346 valence electrons. The van der Waals surface area contributed by atoms with Gasteiger partial charge in [-0.1, -0.05) is 162 Å². The molecule has 2 unspecified atom stereocenters. The van der Waals surface area contributed by atoms with E-state index in [0.29, 0.717) is 12.8 Å². The predicted molar refractivity (Wildman–Crippen MR) is 256 cm³/mol. The molecule has 0 aromatic carbocycles. The second-order valence-electron chi connectivity index (χ2n) is 14.9. The molecular formula is C51H84NO8P. The van der Waals surface area contributed by atoms with Crippen LogP contribution in [0.2, 0.25) is 0 Å². The lowest BCUT2D eigenvalue weighted by atomic mass is 10.1. The van der Waals surface area contributed by atoms with E-state index in [1.54, 1.807) is 0 Å². The molecule has 0 spiro atoms. The number of phosphoric ester groups is 1. The summed E-state index contributed by atoms with van der Waals surface area (Å²) >= 11 is 0. The van der Waals surface area contributed by atoms with Crippen LogP contribution in [-0.4, -0.2) is 49.3 Å². The van der Waals surface area contributed by atoms with Crippen molar-refractivity contribution in [2.24, 2.45) is 5.73 Å². The molecule has 0 bridgehead atoms. The Balaban J connectivity index is 4.23. The fourth-order valence-electron chi connectivity index (χ4n) is 5.70. The Labute approximate surface area is 371 Å². The van der Waals surface area contributed by atoms with Crippen molar-refractivity contribution in [3.63, 3.8) is 0 Å². The van der Waals surface area contributed by atoms with E-state index in [0.717, 1.165) is 96.3 Å². The number of unbranched alkanes of at least 4 members (excludes halogenated alkanes) is 11. The van der Waals surface area contributed by atoms with E-state index in [2.05, 4.69) is 123 Å². The molecule has 0 rings (SSSR count). The number of rotatable bonds is 42. The molecule has 0 saturated carbocycles. The van der Waals surface area contributed by atoms with Gasteiger partial charge in [-0.3, -0.25) is 18.6 Å². The van der Waals surface area contributed by atoms with Crippen molar-refractivity contribution in [3.8, 4) is 0 Å². The highest BCUT2D eigenvalue weighted by Crippen LogP contribution is 2.43. The number of phosphoric acid groups is 1. The van der Waals surface area contributed by atoms with Crippen LogP contribution in [0.1, 0.15) is 168 Å². The first-order chi connectivity index (χ1) is 29.8. The van der Waals surface area contributed by atoms with E-state index in [4.69, 9.17) is 24.3 Å². The molecule has 0 aliphatic carbocycles. The van der Waals surface area contributed by atoms with Crippen LogP contribution in [0.3, 0.4) is 0 Å². The molecule has 9 nitrogen and oxygen atoms in total. The standard InChI is InChI=1S/C51H84NO8P/c1-3-5-7-9-11-13-15-17-18-19-20-21-22-23-24-25-26-27-28-29-30-32-34-36-38-40-42-44-51(54)60-49(48-59-61(55,56)58-46-45-52)47-57-50(53)43-41-39-37-35-33-31-16-14-12-10-8-6-4-2/h5,7,11,13-14,16-18,20-21,23-24,26-27,29-30,34,36,49H,3-4,6,8-10,12,15,19,22,25,28,31-33,35,37-48,52H2,1-2H3,(H,55,56)/b7-5-,13-11-,16-14-,18-17-,21-20-,24-23-,27-26-,30-29-,36-34-. The minimum atomic E-state index is -4.40. The van der Waals surface area contributed by atoms with Crippen molar-refractivity contribution in [2.45, 2.75) is 174 Å². The molecule has 61 heavy (non-hydrogen) atoms. The van der Waals surface area contributed by atoms with Gasteiger partial charge in [-0.15, -0.1) is 0 Å². The molecule has 0 fully saturated rings. The van der Waals surface area contributed by atoms with Crippen molar-refractivity contribution >= 4 is 19.8 Å². The van der Waals surface area contributed by atoms with Gasteiger partial charge in [0.1, 0.15) is 6.61 Å². The molecular weight excluding hydrogens is 786 g/mol. The first kappa shape index (κ1) is 57.7. The van der Waals surface area contributed by atoms with Crippen LogP contribution in [0.15, 0.2) is 109 Å². The van der Waals surface area contributed by atoms with Gasteiger partial charge in [-0.05, 0) is 103 Å². The molecule has 0 aliphatic heterocycles. The first-order valence-corrected chi connectivity index (χ1v) is 24.9. The Morgan fingerprint density at radius 1 is 0.508 bits per heavy atom. The van der Waals surface area contributed by atoms with Crippen LogP contribution >= 0.6 is 7.82 Å². The molecule has 0 heterocycles. The summed E-state index contributed by atoms with van der Waals surface area (Å²) in [6.45, 7) is 3.52. The van der Waals surface area contributed by atoms with E-state index < -0.39 is 32.5 Å². The van der Waals surface area contributed by atoms with Crippen molar-refractivity contribution < 1.29 is 37.6 Å². The zero-order valence-corrected chi connectivity index (χ0v) is 39.0. The summed E-state index contributed by atoms with van der Waals surface area (Å²) in [7, 11) is -4.40. The van der Waals surface area contributed by atoms with Crippen LogP contribution in [0.5, 0.6) is 0 Å². The first-order valence-electron chi connectivity index (χ1n) is 23.4. The van der Waals surface area contributed by atoms with E-state index in [-0.39, 0.29) is 32.6 Å². The number of allylic oxidation sites excluding steroid dienone is 18. The summed E-state index contributed by atoms with van der Waals surface area (Å²) in [6, 6.07) is 0. The third-order valence-electron chi connectivity index (χ3n) is 9.14. The molecule has 3 N–H and O–H groups in total. The fraction of sp³-hybridized carbons (Fsp3) is 0.608. The zero-order chi connectivity index (χ0) is 44.6. The monoisotopic (exact) mass is 870 g/mol. The maximum atomic E-state index is 12.6. The van der Waals surface area contributed by atoms with Crippen molar-refractivity contribution in [3.05, 3.63) is 109 Å². The molecule has 0 saturated heterocycles. The third-order valence-corrected chi connectivity index (χ3v) is 10.1. The topological polar surface area (TPSA) is 134 Å². The largest absolute Gasteiger partial charge is 0.472 e. The summed E-state index contributed by atoms with van der Waals surface area (Å²) < 4.78 is 32.7. The Bertz CT molecular complexity index is 1360. The van der Waals surface area contributed by atoms with Crippen LogP contribution in [0.25, 0.3) is 0 Å². The number of esters is 2. The number of hydrogen-bond acceptors (Lipinski definition) is 8. The van der Waals surface area contributed by atoms with Crippen LogP contribution < -0.4 is 5.73 Å². The van der Waals surface area contributed by atoms with Gasteiger partial charge in [0.2, 0.25) is 0 Å². The third kappa shape index (κ3) is 46.0. The van der Waals surface area contributed by atoms with Crippen LogP contribution in [0.4, 0.5) is 0 Å². The zero-order valence-electron chi connectivity index (χ0n) is 38.1. The molecule has 2 atom stereocenters. The van der Waals surface area contributed by atoms with Gasteiger partial charge >= 0.3 is 19.8 Å². The van der Waals surface area contributed by atoms with Crippen molar-refractivity contribution in [1.29, 1.82) is 0 Å². The summed E-state index contributed by atoms with van der Waals surface area (Å²) in [6.07, 6.45) is 61.3. The van der Waals surface area contributed by atoms with Crippen LogP contribution in [0, 0.1) is 0 Å².